The number of methoxy groups -OCH3 is 2. The highest BCUT2D eigenvalue weighted by atomic mass is 79.9. The average molecular weight is 573 g/mol. The van der Waals surface area contributed by atoms with Crippen molar-refractivity contribution in [3.63, 3.8) is 0 Å². The molecular formula is C25H25BrN4O5S. The lowest BCUT2D eigenvalue weighted by molar-refractivity contribution is -0.139. The fourth-order valence-corrected chi connectivity index (χ4v) is 4.83. The van der Waals surface area contributed by atoms with Crippen LogP contribution < -0.4 is 14.8 Å². The summed E-state index contributed by atoms with van der Waals surface area (Å²) in [4.78, 5) is 30.2. The van der Waals surface area contributed by atoms with E-state index in [1.54, 1.807) is 57.0 Å². The molecule has 188 valence electrons. The number of anilines is 1. The Labute approximate surface area is 221 Å². The number of halogens is 1. The Morgan fingerprint density at radius 3 is 2.50 bits per heavy atom. The number of carbonyl (C=O) groups excluding carboxylic acids is 2. The van der Waals surface area contributed by atoms with Crippen molar-refractivity contribution in [2.45, 2.75) is 25.0 Å². The van der Waals surface area contributed by atoms with Gasteiger partial charge in [0.1, 0.15) is 6.04 Å². The van der Waals surface area contributed by atoms with Crippen LogP contribution >= 0.6 is 27.7 Å². The van der Waals surface area contributed by atoms with Gasteiger partial charge in [-0.2, -0.15) is 4.98 Å². The molecule has 0 unspecified atom stereocenters. The number of aromatic nitrogens is 3. The Morgan fingerprint density at radius 1 is 1.11 bits per heavy atom. The molecule has 0 bridgehead atoms. The quantitative estimate of drug-likeness (QED) is 0.218. The van der Waals surface area contributed by atoms with Gasteiger partial charge < -0.3 is 19.5 Å². The number of hydrogen-bond acceptors (Lipinski definition) is 9. The minimum Gasteiger partial charge on any atom is -0.493 e. The molecular weight excluding hydrogens is 548 g/mol. The number of esters is 1. The predicted octanol–water partition coefficient (Wildman–Crippen LogP) is 4.88. The van der Waals surface area contributed by atoms with Crippen LogP contribution in [0.3, 0.4) is 0 Å². The van der Waals surface area contributed by atoms with Crippen LogP contribution in [-0.4, -0.2) is 53.1 Å². The van der Waals surface area contributed by atoms with Crippen LogP contribution in [0.2, 0.25) is 0 Å². The molecule has 0 spiro atoms. The van der Waals surface area contributed by atoms with Crippen molar-refractivity contribution in [2.24, 2.45) is 0 Å². The Balaban J connectivity index is 1.68. The zero-order valence-corrected chi connectivity index (χ0v) is 22.6. The lowest BCUT2D eigenvalue weighted by atomic mass is 9.95. The standard InChI is InChI=1S/C25H25BrN4O5S/c1-5-35-23(32)21-14(2)27-24-28-25(36-13-18(31)15-6-9-17(26)10-7-15)29-30(24)22(21)16-8-11-19(33-3)20(12-16)34-4/h6-12,22H,5,13H2,1-4H3,(H,27,28,29)/t22-/m1/s1. The maximum absolute atomic E-state index is 13.0. The minimum atomic E-state index is -0.621. The maximum atomic E-state index is 13.0. The zero-order chi connectivity index (χ0) is 25.8. The third-order valence-corrected chi connectivity index (χ3v) is 6.92. The summed E-state index contributed by atoms with van der Waals surface area (Å²) in [5.74, 6) is 1.22. The first-order chi connectivity index (χ1) is 17.4. The van der Waals surface area contributed by atoms with E-state index in [-0.39, 0.29) is 18.1 Å². The predicted molar refractivity (Wildman–Crippen MR) is 140 cm³/mol. The van der Waals surface area contributed by atoms with Gasteiger partial charge in [0, 0.05) is 15.7 Å². The van der Waals surface area contributed by atoms with Gasteiger partial charge >= 0.3 is 5.97 Å². The van der Waals surface area contributed by atoms with Crippen LogP contribution in [0.1, 0.15) is 35.8 Å². The van der Waals surface area contributed by atoms with Crippen molar-refractivity contribution in [2.75, 3.05) is 31.9 Å². The molecule has 3 aromatic rings. The fraction of sp³-hybridized carbons (Fsp3) is 0.280. The number of Topliss-reactive ketones (excluding diaryl/α,β-unsaturated/α-hetero) is 1. The summed E-state index contributed by atoms with van der Waals surface area (Å²) in [5, 5.41) is 8.21. The minimum absolute atomic E-state index is 0.0359. The van der Waals surface area contributed by atoms with Crippen molar-refractivity contribution in [1.29, 1.82) is 0 Å². The van der Waals surface area contributed by atoms with Gasteiger partial charge in [0.2, 0.25) is 11.1 Å². The molecule has 0 aliphatic carbocycles. The molecule has 1 aromatic heterocycles. The number of fused-ring (bicyclic) bond motifs is 1. The molecule has 1 N–H and O–H groups in total. The van der Waals surface area contributed by atoms with Crippen molar-refractivity contribution in [3.8, 4) is 11.5 Å². The number of ether oxygens (including phenoxy) is 3. The molecule has 0 radical (unpaired) electrons. The van der Waals surface area contributed by atoms with E-state index < -0.39 is 12.0 Å². The first-order valence-electron chi connectivity index (χ1n) is 11.1. The molecule has 4 rings (SSSR count). The molecule has 1 aliphatic heterocycles. The number of nitrogens with zero attached hydrogens (tertiary/aromatic N) is 3. The SMILES string of the molecule is CCOC(=O)C1=C(C)Nc2nc(SCC(=O)c3ccc(Br)cc3)nn2[C@@H]1c1ccc(OC)c(OC)c1. The molecule has 0 saturated carbocycles. The monoisotopic (exact) mass is 572 g/mol. The van der Waals surface area contributed by atoms with Crippen molar-refractivity contribution < 1.29 is 23.8 Å². The van der Waals surface area contributed by atoms with E-state index in [4.69, 9.17) is 14.2 Å². The number of allylic oxidation sites excluding steroid dienone is 1. The summed E-state index contributed by atoms with van der Waals surface area (Å²) in [6.45, 7) is 3.79. The Morgan fingerprint density at radius 2 is 1.83 bits per heavy atom. The smallest absolute Gasteiger partial charge is 0.338 e. The molecule has 2 aromatic carbocycles. The Kier molecular flexibility index (Phi) is 8.00. The first kappa shape index (κ1) is 25.8. The van der Waals surface area contributed by atoms with E-state index in [0.717, 1.165) is 10.0 Å². The van der Waals surface area contributed by atoms with Crippen molar-refractivity contribution >= 4 is 45.4 Å². The lowest BCUT2D eigenvalue weighted by Gasteiger charge is -2.28. The van der Waals surface area contributed by atoms with Crippen LogP contribution in [0.5, 0.6) is 11.5 Å². The van der Waals surface area contributed by atoms with Crippen LogP contribution in [0.25, 0.3) is 0 Å². The summed E-state index contributed by atoms with van der Waals surface area (Å²) in [7, 11) is 3.11. The Bertz CT molecular complexity index is 1320. The number of benzene rings is 2. The summed E-state index contributed by atoms with van der Waals surface area (Å²) < 4.78 is 18.7. The second-order valence-corrected chi connectivity index (χ2v) is 9.64. The van der Waals surface area contributed by atoms with Gasteiger partial charge in [-0.1, -0.05) is 45.9 Å². The van der Waals surface area contributed by atoms with E-state index in [2.05, 4.69) is 31.3 Å². The van der Waals surface area contributed by atoms with E-state index in [1.807, 2.05) is 18.2 Å². The van der Waals surface area contributed by atoms with Crippen molar-refractivity contribution in [3.05, 3.63) is 69.3 Å². The molecule has 11 heteroatoms. The molecule has 1 atom stereocenters. The summed E-state index contributed by atoms with van der Waals surface area (Å²) in [6.07, 6.45) is 0. The molecule has 9 nitrogen and oxygen atoms in total. The third-order valence-electron chi connectivity index (χ3n) is 5.55. The van der Waals surface area contributed by atoms with Gasteiger partial charge in [0.25, 0.3) is 0 Å². The molecule has 0 amide bonds. The first-order valence-corrected chi connectivity index (χ1v) is 12.9. The van der Waals surface area contributed by atoms with Gasteiger partial charge in [0.05, 0.1) is 32.2 Å². The van der Waals surface area contributed by atoms with Gasteiger partial charge in [-0.25, -0.2) is 9.48 Å². The van der Waals surface area contributed by atoms with E-state index in [0.29, 0.717) is 39.4 Å². The molecule has 36 heavy (non-hydrogen) atoms. The number of hydrogen-bond donors (Lipinski definition) is 1. The van der Waals surface area contributed by atoms with Crippen LogP contribution in [0, 0.1) is 0 Å². The summed E-state index contributed by atoms with van der Waals surface area (Å²) in [6, 6.07) is 12.0. The number of rotatable bonds is 9. The third kappa shape index (κ3) is 5.26. The van der Waals surface area contributed by atoms with Gasteiger partial charge in [0.15, 0.2) is 17.3 Å². The van der Waals surface area contributed by atoms with Gasteiger partial charge in [-0.3, -0.25) is 4.79 Å². The van der Waals surface area contributed by atoms with Gasteiger partial charge in [-0.15, -0.1) is 5.10 Å². The normalized spacial score (nSPS) is 14.6. The second kappa shape index (κ2) is 11.2. The van der Waals surface area contributed by atoms with Crippen LogP contribution in [0.15, 0.2) is 63.4 Å². The average Bonchev–Trinajstić information content (AvgIpc) is 3.28. The summed E-state index contributed by atoms with van der Waals surface area (Å²) in [5.41, 5.74) is 2.36. The van der Waals surface area contributed by atoms with Crippen LogP contribution in [0.4, 0.5) is 5.95 Å². The maximum Gasteiger partial charge on any atom is 0.338 e. The van der Waals surface area contributed by atoms with Gasteiger partial charge in [-0.05, 0) is 43.7 Å². The highest BCUT2D eigenvalue weighted by molar-refractivity contribution is 9.10. The molecule has 0 fully saturated rings. The van der Waals surface area contributed by atoms with E-state index >= 15 is 0 Å². The summed E-state index contributed by atoms with van der Waals surface area (Å²) >= 11 is 4.61. The number of nitrogens with one attached hydrogen (secondary N) is 1. The number of carbonyl (C=O) groups is 2. The molecule has 0 saturated heterocycles. The van der Waals surface area contributed by atoms with Crippen LogP contribution in [-0.2, 0) is 9.53 Å². The second-order valence-electron chi connectivity index (χ2n) is 7.78. The molecule has 2 heterocycles. The van der Waals surface area contributed by atoms with Crippen molar-refractivity contribution in [1.82, 2.24) is 14.8 Å². The highest BCUT2D eigenvalue weighted by Crippen LogP contribution is 2.39. The number of thioether (sulfide) groups is 1. The zero-order valence-electron chi connectivity index (χ0n) is 20.2. The topological polar surface area (TPSA) is 105 Å². The highest BCUT2D eigenvalue weighted by Gasteiger charge is 2.35. The molecule has 1 aliphatic rings. The Hall–Kier alpha value is -3.31. The largest absolute Gasteiger partial charge is 0.493 e. The fourth-order valence-electron chi connectivity index (χ4n) is 3.85. The number of ketones is 1. The lowest BCUT2D eigenvalue weighted by Crippen LogP contribution is -2.29. The van der Waals surface area contributed by atoms with E-state index in [9.17, 15) is 9.59 Å². The van der Waals surface area contributed by atoms with E-state index in [1.165, 1.54) is 11.8 Å².